The van der Waals surface area contributed by atoms with Crippen LogP contribution in [0.2, 0.25) is 0 Å². The van der Waals surface area contributed by atoms with Crippen LogP contribution >= 0.6 is 11.8 Å². The number of aliphatic imine (C=N–C) groups is 1. The zero-order chi connectivity index (χ0) is 31.1. The molecule has 1 aliphatic carbocycles. The number of nitrogens with zero attached hydrogens (tertiary/aromatic N) is 5. The summed E-state index contributed by atoms with van der Waals surface area (Å²) in [6.07, 6.45) is -0.00909. The second-order valence-corrected chi connectivity index (χ2v) is 12.5. The van der Waals surface area contributed by atoms with Gasteiger partial charge in [0.25, 0.3) is 0 Å². The van der Waals surface area contributed by atoms with E-state index in [1.54, 1.807) is 11.8 Å². The quantitative estimate of drug-likeness (QED) is 0.210. The van der Waals surface area contributed by atoms with Gasteiger partial charge in [0.2, 0.25) is 5.91 Å². The van der Waals surface area contributed by atoms with Gasteiger partial charge >= 0.3 is 6.36 Å². The van der Waals surface area contributed by atoms with Gasteiger partial charge < -0.3 is 9.64 Å². The van der Waals surface area contributed by atoms with Crippen molar-refractivity contribution in [1.29, 1.82) is 0 Å². The van der Waals surface area contributed by atoms with Gasteiger partial charge in [-0.3, -0.25) is 4.79 Å². The number of halogens is 3. The summed E-state index contributed by atoms with van der Waals surface area (Å²) in [6, 6.07) is 19.9. The fourth-order valence-corrected chi connectivity index (χ4v) is 6.96. The Kier molecular flexibility index (Phi) is 8.00. The first-order chi connectivity index (χ1) is 21.0. The Morgan fingerprint density at radius 1 is 1.05 bits per heavy atom. The van der Waals surface area contributed by atoms with Gasteiger partial charge in [0.15, 0.2) is 11.0 Å². The number of alkyl halides is 3. The van der Waals surface area contributed by atoms with Gasteiger partial charge in [-0.1, -0.05) is 54.2 Å². The first-order valence-electron chi connectivity index (χ1n) is 14.5. The Morgan fingerprint density at radius 2 is 1.73 bits per heavy atom. The summed E-state index contributed by atoms with van der Waals surface area (Å²) in [5.74, 6) is 1.01. The average molecular weight is 620 g/mol. The second-order valence-electron chi connectivity index (χ2n) is 11.5. The molecule has 2 heterocycles. The van der Waals surface area contributed by atoms with E-state index in [0.29, 0.717) is 17.9 Å². The first-order valence-corrected chi connectivity index (χ1v) is 15.5. The van der Waals surface area contributed by atoms with Crippen LogP contribution in [0.25, 0.3) is 17.1 Å². The van der Waals surface area contributed by atoms with Crippen LogP contribution in [-0.4, -0.2) is 44.0 Å². The van der Waals surface area contributed by atoms with Crippen LogP contribution in [0, 0.1) is 13.8 Å². The molecule has 2 fully saturated rings. The molecule has 1 unspecified atom stereocenters. The maximum absolute atomic E-state index is 13.4. The summed E-state index contributed by atoms with van der Waals surface area (Å²) < 4.78 is 42.8. The number of amidine groups is 1. The van der Waals surface area contributed by atoms with Crippen molar-refractivity contribution in [2.24, 2.45) is 4.99 Å². The van der Waals surface area contributed by atoms with Crippen LogP contribution < -0.4 is 9.64 Å². The van der Waals surface area contributed by atoms with Gasteiger partial charge in [-0.2, -0.15) is 4.99 Å². The van der Waals surface area contributed by atoms with E-state index >= 15 is 0 Å². The second kappa shape index (κ2) is 11.8. The van der Waals surface area contributed by atoms with Gasteiger partial charge in [-0.25, -0.2) is 9.67 Å². The molecule has 0 spiro atoms. The Morgan fingerprint density at radius 3 is 2.36 bits per heavy atom. The number of carbonyl (C=O) groups excluding carboxylic acids is 1. The van der Waals surface area contributed by atoms with Crippen LogP contribution in [0.4, 0.5) is 18.9 Å². The van der Waals surface area contributed by atoms with Crippen molar-refractivity contribution in [3.05, 3.63) is 89.7 Å². The van der Waals surface area contributed by atoms with E-state index < -0.39 is 6.36 Å². The minimum atomic E-state index is -4.75. The lowest BCUT2D eigenvalue weighted by molar-refractivity contribution is -0.274. The van der Waals surface area contributed by atoms with Crippen LogP contribution in [0.3, 0.4) is 0 Å². The summed E-state index contributed by atoms with van der Waals surface area (Å²) in [5.41, 5.74) is 5.69. The average Bonchev–Trinajstić information content (AvgIpc) is 3.58. The van der Waals surface area contributed by atoms with Crippen molar-refractivity contribution in [1.82, 2.24) is 14.8 Å². The predicted octanol–water partition coefficient (Wildman–Crippen LogP) is 7.79. The summed E-state index contributed by atoms with van der Waals surface area (Å²) in [7, 11) is 0. The normalized spacial score (nSPS) is 18.8. The molecule has 228 valence electrons. The molecule has 1 aliphatic heterocycles. The highest BCUT2D eigenvalue weighted by atomic mass is 32.2. The molecular weight excluding hydrogens is 587 g/mol. The molecule has 1 atom stereocenters. The number of amides is 1. The van der Waals surface area contributed by atoms with Gasteiger partial charge in [0.05, 0.1) is 5.69 Å². The fourth-order valence-electron chi connectivity index (χ4n) is 5.74. The highest BCUT2D eigenvalue weighted by Crippen LogP contribution is 2.51. The molecule has 1 aromatic heterocycles. The minimum absolute atomic E-state index is 0.105. The third kappa shape index (κ3) is 6.38. The summed E-state index contributed by atoms with van der Waals surface area (Å²) in [4.78, 5) is 24.7. The van der Waals surface area contributed by atoms with Crippen LogP contribution in [0.15, 0.2) is 78.0 Å². The van der Waals surface area contributed by atoms with E-state index in [1.807, 2.05) is 24.3 Å². The Bertz CT molecular complexity index is 1680. The van der Waals surface area contributed by atoms with Gasteiger partial charge in [0, 0.05) is 34.9 Å². The lowest BCUT2D eigenvalue weighted by atomic mass is 9.91. The summed E-state index contributed by atoms with van der Waals surface area (Å²) >= 11 is 1.65. The maximum Gasteiger partial charge on any atom is 0.573 e. The molecule has 0 radical (unpaired) electrons. The zero-order valence-electron chi connectivity index (χ0n) is 24.6. The number of carbonyl (C=O) groups is 1. The van der Waals surface area contributed by atoms with Gasteiger partial charge in [0.1, 0.15) is 12.1 Å². The van der Waals surface area contributed by atoms with Gasteiger partial charge in [-0.15, -0.1) is 18.3 Å². The predicted molar refractivity (Wildman–Crippen MR) is 166 cm³/mol. The summed E-state index contributed by atoms with van der Waals surface area (Å²) in [6.45, 7) is 6.40. The molecule has 0 bridgehead atoms. The Balaban J connectivity index is 1.15. The van der Waals surface area contributed by atoms with Crippen LogP contribution in [-0.2, 0) is 10.2 Å². The van der Waals surface area contributed by atoms with E-state index in [9.17, 15) is 18.0 Å². The lowest BCUT2D eigenvalue weighted by Crippen LogP contribution is -2.42. The highest BCUT2D eigenvalue weighted by molar-refractivity contribution is 8.14. The van der Waals surface area contributed by atoms with Crippen molar-refractivity contribution in [2.45, 2.75) is 64.3 Å². The molecule has 2 aliphatic rings. The number of thioether (sulfide) groups is 1. The zero-order valence-corrected chi connectivity index (χ0v) is 25.5. The van der Waals surface area contributed by atoms with Crippen molar-refractivity contribution in [2.75, 3.05) is 10.7 Å². The molecular formula is C33H32F3N5O2S. The molecule has 0 N–H and O–H groups in total. The van der Waals surface area contributed by atoms with E-state index in [-0.39, 0.29) is 23.1 Å². The van der Waals surface area contributed by atoms with Crippen molar-refractivity contribution in [3.63, 3.8) is 0 Å². The van der Waals surface area contributed by atoms with E-state index in [4.69, 9.17) is 0 Å². The molecule has 7 nitrogen and oxygen atoms in total. The molecule has 6 rings (SSSR count). The molecule has 1 saturated carbocycles. The van der Waals surface area contributed by atoms with E-state index in [2.05, 4.69) is 63.7 Å². The number of benzene rings is 3. The molecule has 1 amide bonds. The van der Waals surface area contributed by atoms with Crippen LogP contribution in [0.1, 0.15) is 49.3 Å². The SMILES string of the molecule is Cc1cccc(C)c1N1C(=NC(=O)CC2(c3ccc(-c4ncn(-c5ccc(OC(F)(F)F)cc5)n4)cc3)CC2)SCCC1C. The Labute approximate surface area is 258 Å². The molecule has 4 aromatic rings. The van der Waals surface area contributed by atoms with Crippen molar-refractivity contribution >= 4 is 28.5 Å². The number of hydrogen-bond donors (Lipinski definition) is 0. The monoisotopic (exact) mass is 619 g/mol. The topological polar surface area (TPSA) is 72.6 Å². The fraction of sp³-hybridized carbons (Fsp3) is 0.333. The third-order valence-electron chi connectivity index (χ3n) is 8.24. The number of aryl methyl sites for hydroxylation is 2. The number of ether oxygens (including phenoxy) is 1. The minimum Gasteiger partial charge on any atom is -0.406 e. The maximum atomic E-state index is 13.4. The number of hydrogen-bond acceptors (Lipinski definition) is 5. The van der Waals surface area contributed by atoms with Crippen molar-refractivity contribution in [3.8, 4) is 22.8 Å². The number of aromatic nitrogens is 3. The first kappa shape index (κ1) is 29.9. The molecule has 1 saturated heterocycles. The van der Waals surface area contributed by atoms with Crippen molar-refractivity contribution < 1.29 is 22.7 Å². The lowest BCUT2D eigenvalue weighted by Gasteiger charge is -2.37. The standard InChI is InChI=1S/C33H32F3N5O2S/c1-21-5-4-6-22(2)29(21)41-23(3)15-18-44-31(41)38-28(42)19-32(16-17-32)25-9-7-24(8-10-25)30-37-20-40(39-30)26-11-13-27(14-12-26)43-33(34,35)36/h4-14,20,23H,15-19H2,1-3H3. The molecule has 3 aromatic carbocycles. The Hall–Kier alpha value is -4.12. The molecule has 44 heavy (non-hydrogen) atoms. The van der Waals surface area contributed by atoms with E-state index in [1.165, 1.54) is 46.4 Å². The summed E-state index contributed by atoms with van der Waals surface area (Å²) in [5, 5.41) is 5.27. The largest absolute Gasteiger partial charge is 0.573 e. The number of anilines is 1. The smallest absolute Gasteiger partial charge is 0.406 e. The van der Waals surface area contributed by atoms with Crippen LogP contribution in [0.5, 0.6) is 5.75 Å². The third-order valence-corrected chi connectivity index (χ3v) is 9.23. The van der Waals surface area contributed by atoms with Gasteiger partial charge in [-0.05, 0) is 81.0 Å². The number of rotatable bonds is 7. The van der Waals surface area contributed by atoms with E-state index in [0.717, 1.165) is 47.0 Å². The highest BCUT2D eigenvalue weighted by Gasteiger charge is 2.46. The number of para-hydroxylation sites is 1. The molecule has 11 heteroatoms.